The van der Waals surface area contributed by atoms with Gasteiger partial charge < -0.3 is 4.98 Å². The number of aryl methyl sites for hydroxylation is 2. The number of terminal acetylenes is 1. The molecule has 1 N–H and O–H groups in total. The van der Waals surface area contributed by atoms with Gasteiger partial charge in [0.25, 0.3) is 0 Å². The van der Waals surface area contributed by atoms with Crippen molar-refractivity contribution in [3.63, 3.8) is 0 Å². The molecule has 0 spiro atoms. The molecule has 0 bridgehead atoms. The van der Waals surface area contributed by atoms with Crippen LogP contribution in [0.5, 0.6) is 0 Å². The zero-order valence-corrected chi connectivity index (χ0v) is 12.4. The maximum atomic E-state index is 13.7. The highest BCUT2D eigenvalue weighted by molar-refractivity contribution is 5.82. The number of pyridine rings is 1. The molecule has 0 aliphatic heterocycles. The molecule has 0 saturated heterocycles. The van der Waals surface area contributed by atoms with Gasteiger partial charge in [-0.2, -0.15) is 0 Å². The molecular formula is C16H22FNO. The van der Waals surface area contributed by atoms with E-state index in [4.69, 9.17) is 6.42 Å². The van der Waals surface area contributed by atoms with E-state index in [1.165, 1.54) is 6.07 Å². The maximum absolute atomic E-state index is 13.7. The van der Waals surface area contributed by atoms with Gasteiger partial charge in [0.15, 0.2) is 0 Å². The van der Waals surface area contributed by atoms with Crippen LogP contribution in [-0.2, 0) is 6.42 Å². The third-order valence-electron chi connectivity index (χ3n) is 2.65. The van der Waals surface area contributed by atoms with E-state index in [1.54, 1.807) is 13.8 Å². The summed E-state index contributed by atoms with van der Waals surface area (Å²) in [5.74, 6) is 2.06. The van der Waals surface area contributed by atoms with Crippen molar-refractivity contribution in [3.8, 4) is 12.3 Å². The zero-order chi connectivity index (χ0) is 15.0. The van der Waals surface area contributed by atoms with Gasteiger partial charge in [-0.25, -0.2) is 4.39 Å². The summed E-state index contributed by atoms with van der Waals surface area (Å²) < 4.78 is 13.7. The molecule has 1 heterocycles. The second kappa shape index (κ2) is 8.31. The summed E-state index contributed by atoms with van der Waals surface area (Å²) in [6, 6.07) is 1.44. The molecular weight excluding hydrogens is 241 g/mol. The number of nitrogens with one attached hydrogen (secondary N) is 1. The molecule has 0 radical (unpaired) electrons. The van der Waals surface area contributed by atoms with Crippen molar-refractivity contribution in [1.82, 2.24) is 4.98 Å². The third kappa shape index (κ3) is 4.10. The van der Waals surface area contributed by atoms with Crippen LogP contribution < -0.4 is 5.56 Å². The van der Waals surface area contributed by atoms with Crippen LogP contribution in [-0.4, -0.2) is 4.98 Å². The Bertz CT molecular complexity index is 547. The smallest absolute Gasteiger partial charge is 0.248 e. The maximum Gasteiger partial charge on any atom is 0.248 e. The zero-order valence-electron chi connectivity index (χ0n) is 12.4. The fourth-order valence-electron chi connectivity index (χ4n) is 1.83. The van der Waals surface area contributed by atoms with Gasteiger partial charge in [-0.1, -0.05) is 33.6 Å². The van der Waals surface area contributed by atoms with Gasteiger partial charge in [-0.3, -0.25) is 4.79 Å². The summed E-state index contributed by atoms with van der Waals surface area (Å²) in [6.45, 7) is 9.37. The molecule has 0 unspecified atom stereocenters. The summed E-state index contributed by atoms with van der Waals surface area (Å²) in [5, 5.41) is 0. The Balaban J connectivity index is 0.00000154. The number of halogens is 1. The van der Waals surface area contributed by atoms with Crippen LogP contribution >= 0.6 is 0 Å². The summed E-state index contributed by atoms with van der Waals surface area (Å²) in [4.78, 5) is 14.1. The van der Waals surface area contributed by atoms with Crippen molar-refractivity contribution in [2.45, 2.75) is 47.5 Å². The molecule has 0 aliphatic rings. The molecule has 0 aliphatic carbocycles. The quantitative estimate of drug-likeness (QED) is 0.822. The summed E-state index contributed by atoms with van der Waals surface area (Å²) >= 11 is 0. The Morgan fingerprint density at radius 1 is 1.42 bits per heavy atom. The predicted molar refractivity (Wildman–Crippen MR) is 79.7 cm³/mol. The SMILES string of the molecule is C#C/C(=C(\F)CC)c1c(C)cc(=O)[nH]c1CC.CC. The van der Waals surface area contributed by atoms with Crippen LogP contribution in [0.15, 0.2) is 16.7 Å². The van der Waals surface area contributed by atoms with E-state index in [1.807, 2.05) is 20.8 Å². The standard InChI is InChI=1S/C14H16FNO.C2H6/c1-5-10(11(15)6-2)14-9(4)8-13(17)16-12(14)7-3;1-2/h1,8H,6-7H2,2-4H3,(H,16,17);1-2H3/b11-10+;. The minimum Gasteiger partial charge on any atom is -0.326 e. The molecule has 0 saturated carbocycles. The van der Waals surface area contributed by atoms with Crippen molar-refractivity contribution >= 4 is 5.57 Å². The minimum atomic E-state index is -0.322. The van der Waals surface area contributed by atoms with Crippen LogP contribution in [0.4, 0.5) is 4.39 Å². The van der Waals surface area contributed by atoms with Crippen molar-refractivity contribution in [2.75, 3.05) is 0 Å². The first kappa shape index (κ1) is 17.2. The highest BCUT2D eigenvalue weighted by atomic mass is 19.1. The van der Waals surface area contributed by atoms with Crippen molar-refractivity contribution in [1.29, 1.82) is 0 Å². The van der Waals surface area contributed by atoms with E-state index in [0.717, 1.165) is 0 Å². The fraction of sp³-hybridized carbons (Fsp3) is 0.438. The number of aromatic amines is 1. The third-order valence-corrected chi connectivity index (χ3v) is 2.65. The molecule has 1 aromatic heterocycles. The van der Waals surface area contributed by atoms with Crippen LogP contribution in [0.3, 0.4) is 0 Å². The van der Waals surface area contributed by atoms with Crippen molar-refractivity contribution < 1.29 is 4.39 Å². The summed E-state index contributed by atoms with van der Waals surface area (Å²) in [5.41, 5.74) is 2.11. The molecule has 3 heteroatoms. The Morgan fingerprint density at radius 2 is 2.00 bits per heavy atom. The van der Waals surface area contributed by atoms with Crippen LogP contribution in [0.25, 0.3) is 5.57 Å². The average Bonchev–Trinajstić information content (AvgIpc) is 2.43. The van der Waals surface area contributed by atoms with E-state index in [2.05, 4.69) is 10.9 Å². The first-order valence-electron chi connectivity index (χ1n) is 6.63. The fourth-order valence-corrected chi connectivity index (χ4v) is 1.83. The largest absolute Gasteiger partial charge is 0.326 e. The van der Waals surface area contributed by atoms with Crippen LogP contribution in [0.1, 0.15) is 50.9 Å². The molecule has 0 fully saturated rings. The number of allylic oxidation sites excluding steroid dienone is 2. The van der Waals surface area contributed by atoms with Crippen molar-refractivity contribution in [3.05, 3.63) is 39.1 Å². The van der Waals surface area contributed by atoms with Gasteiger partial charge in [0, 0.05) is 17.3 Å². The van der Waals surface area contributed by atoms with Gasteiger partial charge in [0.2, 0.25) is 5.56 Å². The number of H-pyrrole nitrogens is 1. The Kier molecular flexibility index (Phi) is 7.52. The second-order valence-corrected chi connectivity index (χ2v) is 3.80. The van der Waals surface area contributed by atoms with Gasteiger partial charge in [-0.05, 0) is 25.3 Å². The number of rotatable bonds is 3. The average molecular weight is 263 g/mol. The van der Waals surface area contributed by atoms with E-state index in [9.17, 15) is 9.18 Å². The lowest BCUT2D eigenvalue weighted by atomic mass is 9.97. The molecule has 2 nitrogen and oxygen atoms in total. The van der Waals surface area contributed by atoms with E-state index in [0.29, 0.717) is 23.2 Å². The first-order valence-corrected chi connectivity index (χ1v) is 6.63. The second-order valence-electron chi connectivity index (χ2n) is 3.80. The first-order chi connectivity index (χ1) is 9.04. The van der Waals surface area contributed by atoms with Crippen LogP contribution in [0.2, 0.25) is 0 Å². The lowest BCUT2D eigenvalue weighted by molar-refractivity contribution is 0.609. The van der Waals surface area contributed by atoms with Crippen LogP contribution in [0, 0.1) is 19.3 Å². The highest BCUT2D eigenvalue weighted by Gasteiger charge is 2.13. The molecule has 1 rings (SSSR count). The topological polar surface area (TPSA) is 32.9 Å². The number of hydrogen-bond donors (Lipinski definition) is 1. The molecule has 19 heavy (non-hydrogen) atoms. The van der Waals surface area contributed by atoms with Gasteiger partial charge in [0.1, 0.15) is 5.83 Å². The Labute approximate surface area is 114 Å². The van der Waals surface area contributed by atoms with E-state index >= 15 is 0 Å². The molecule has 0 atom stereocenters. The molecule has 1 aromatic rings. The molecule has 104 valence electrons. The number of hydrogen-bond acceptors (Lipinski definition) is 1. The summed E-state index contributed by atoms with van der Waals surface area (Å²) in [7, 11) is 0. The minimum absolute atomic E-state index is 0.184. The van der Waals surface area contributed by atoms with Gasteiger partial charge in [0.05, 0.1) is 5.57 Å². The van der Waals surface area contributed by atoms with Gasteiger partial charge >= 0.3 is 0 Å². The normalized spacial score (nSPS) is 11.0. The lowest BCUT2D eigenvalue weighted by Crippen LogP contribution is -2.12. The molecule has 0 aromatic carbocycles. The number of aromatic nitrogens is 1. The Hall–Kier alpha value is -1.82. The predicted octanol–water partition coefficient (Wildman–Crippen LogP) is 4.00. The lowest BCUT2D eigenvalue weighted by Gasteiger charge is -2.11. The Morgan fingerprint density at radius 3 is 2.42 bits per heavy atom. The molecule has 0 amide bonds. The van der Waals surface area contributed by atoms with Crippen molar-refractivity contribution in [2.24, 2.45) is 0 Å². The van der Waals surface area contributed by atoms with E-state index in [-0.39, 0.29) is 23.4 Å². The van der Waals surface area contributed by atoms with E-state index < -0.39 is 0 Å². The highest BCUT2D eigenvalue weighted by Crippen LogP contribution is 2.25. The monoisotopic (exact) mass is 263 g/mol. The van der Waals surface area contributed by atoms with Gasteiger partial charge in [-0.15, -0.1) is 6.42 Å². The summed E-state index contributed by atoms with van der Waals surface area (Å²) in [6.07, 6.45) is 6.23.